The highest BCUT2D eigenvalue weighted by atomic mass is 16.5. The summed E-state index contributed by atoms with van der Waals surface area (Å²) in [7, 11) is 0. The predicted molar refractivity (Wildman–Crippen MR) is 70.5 cm³/mol. The molecule has 1 aliphatic rings. The van der Waals surface area contributed by atoms with E-state index in [4.69, 9.17) is 4.74 Å². The SMILES string of the molecule is CCOC[C@@H](O)CN1CC[C@@H](c2ccccn2)C1. The van der Waals surface area contributed by atoms with Crippen molar-refractivity contribution in [3.8, 4) is 0 Å². The van der Waals surface area contributed by atoms with Gasteiger partial charge in [-0.2, -0.15) is 0 Å². The largest absolute Gasteiger partial charge is 0.389 e. The van der Waals surface area contributed by atoms with Crippen LogP contribution in [0.25, 0.3) is 0 Å². The summed E-state index contributed by atoms with van der Waals surface area (Å²) in [4.78, 5) is 6.70. The molecule has 1 saturated heterocycles. The Morgan fingerprint density at radius 3 is 3.17 bits per heavy atom. The molecule has 4 nitrogen and oxygen atoms in total. The lowest BCUT2D eigenvalue weighted by atomic mass is 10.0. The zero-order valence-electron chi connectivity index (χ0n) is 11.0. The molecule has 1 aliphatic heterocycles. The van der Waals surface area contributed by atoms with Crippen LogP contribution >= 0.6 is 0 Å². The van der Waals surface area contributed by atoms with Crippen LogP contribution in [0.4, 0.5) is 0 Å². The summed E-state index contributed by atoms with van der Waals surface area (Å²) >= 11 is 0. The van der Waals surface area contributed by atoms with Crippen molar-refractivity contribution in [3.63, 3.8) is 0 Å². The third kappa shape index (κ3) is 3.77. The van der Waals surface area contributed by atoms with E-state index in [1.165, 1.54) is 5.69 Å². The Hall–Kier alpha value is -0.970. The number of aliphatic hydroxyl groups excluding tert-OH is 1. The molecule has 1 aromatic rings. The molecule has 0 unspecified atom stereocenters. The average molecular weight is 250 g/mol. The standard InChI is InChI=1S/C14H22N2O2/c1-2-18-11-13(17)10-16-8-6-12(9-16)14-5-3-4-7-15-14/h3-5,7,12-13,17H,2,6,8-11H2,1H3/t12-,13+/m1/s1. The van der Waals surface area contributed by atoms with Gasteiger partial charge in [0.05, 0.1) is 12.7 Å². The Kier molecular flexibility index (Phi) is 5.11. The van der Waals surface area contributed by atoms with Gasteiger partial charge >= 0.3 is 0 Å². The fourth-order valence-electron chi connectivity index (χ4n) is 2.46. The molecule has 0 amide bonds. The molecule has 18 heavy (non-hydrogen) atoms. The second-order valence-corrected chi connectivity index (χ2v) is 4.81. The molecule has 0 bridgehead atoms. The fourth-order valence-corrected chi connectivity index (χ4v) is 2.46. The molecule has 0 aromatic carbocycles. The number of hydrogen-bond donors (Lipinski definition) is 1. The lowest BCUT2D eigenvalue weighted by Gasteiger charge is -2.19. The van der Waals surface area contributed by atoms with E-state index in [1.54, 1.807) is 0 Å². The number of rotatable bonds is 6. The van der Waals surface area contributed by atoms with Crippen LogP contribution in [0.3, 0.4) is 0 Å². The van der Waals surface area contributed by atoms with Crippen molar-refractivity contribution in [1.29, 1.82) is 0 Å². The first-order valence-electron chi connectivity index (χ1n) is 6.68. The van der Waals surface area contributed by atoms with E-state index in [-0.39, 0.29) is 6.10 Å². The van der Waals surface area contributed by atoms with Crippen LogP contribution in [0.5, 0.6) is 0 Å². The van der Waals surface area contributed by atoms with Crippen molar-refractivity contribution in [1.82, 2.24) is 9.88 Å². The Labute approximate surface area is 109 Å². The van der Waals surface area contributed by atoms with Crippen molar-refractivity contribution in [2.45, 2.75) is 25.4 Å². The van der Waals surface area contributed by atoms with E-state index in [0.717, 1.165) is 19.5 Å². The zero-order valence-corrected chi connectivity index (χ0v) is 11.0. The monoisotopic (exact) mass is 250 g/mol. The molecule has 100 valence electrons. The molecule has 0 saturated carbocycles. The summed E-state index contributed by atoms with van der Waals surface area (Å²) in [5.74, 6) is 0.505. The highest BCUT2D eigenvalue weighted by molar-refractivity contribution is 5.11. The van der Waals surface area contributed by atoms with Gasteiger partial charge in [-0.05, 0) is 32.0 Å². The number of aromatic nitrogens is 1. The van der Waals surface area contributed by atoms with Gasteiger partial charge in [0.15, 0.2) is 0 Å². The number of hydrogen-bond acceptors (Lipinski definition) is 4. The molecule has 2 heterocycles. The van der Waals surface area contributed by atoms with E-state index in [2.05, 4.69) is 16.0 Å². The molecule has 4 heteroatoms. The van der Waals surface area contributed by atoms with Crippen LogP contribution in [0.1, 0.15) is 25.0 Å². The molecule has 0 aliphatic carbocycles. The summed E-state index contributed by atoms with van der Waals surface area (Å²) in [6.45, 7) is 5.75. The molecular weight excluding hydrogens is 228 g/mol. The van der Waals surface area contributed by atoms with Gasteiger partial charge < -0.3 is 9.84 Å². The van der Waals surface area contributed by atoms with Crippen LogP contribution in [-0.2, 0) is 4.74 Å². The van der Waals surface area contributed by atoms with Gasteiger partial charge in [-0.3, -0.25) is 9.88 Å². The zero-order chi connectivity index (χ0) is 12.8. The first-order chi connectivity index (χ1) is 8.79. The second kappa shape index (κ2) is 6.83. The molecule has 1 fully saturated rings. The van der Waals surface area contributed by atoms with Gasteiger partial charge in [-0.25, -0.2) is 0 Å². The number of nitrogens with zero attached hydrogens (tertiary/aromatic N) is 2. The topological polar surface area (TPSA) is 45.6 Å². The highest BCUT2D eigenvalue weighted by Crippen LogP contribution is 2.25. The summed E-state index contributed by atoms with van der Waals surface area (Å²) in [5, 5.41) is 9.82. The summed E-state index contributed by atoms with van der Waals surface area (Å²) in [6, 6.07) is 6.07. The number of β-amino-alcohol motifs (C(OH)–C–C–N with tert-alkyl or cyclic N) is 1. The van der Waals surface area contributed by atoms with E-state index in [9.17, 15) is 5.11 Å². The summed E-state index contributed by atoms with van der Waals surface area (Å²) < 4.78 is 5.23. The number of likely N-dealkylation sites (tertiary alicyclic amines) is 1. The second-order valence-electron chi connectivity index (χ2n) is 4.81. The fraction of sp³-hybridized carbons (Fsp3) is 0.643. The minimum atomic E-state index is -0.382. The van der Waals surface area contributed by atoms with Gasteiger partial charge in [-0.1, -0.05) is 6.07 Å². The van der Waals surface area contributed by atoms with Crippen LogP contribution in [0.2, 0.25) is 0 Å². The summed E-state index contributed by atoms with van der Waals surface area (Å²) in [5.41, 5.74) is 1.17. The van der Waals surface area contributed by atoms with E-state index >= 15 is 0 Å². The van der Waals surface area contributed by atoms with Crippen molar-refractivity contribution in [3.05, 3.63) is 30.1 Å². The quantitative estimate of drug-likeness (QED) is 0.826. The van der Waals surface area contributed by atoms with Gasteiger partial charge in [-0.15, -0.1) is 0 Å². The molecule has 1 aromatic heterocycles. The van der Waals surface area contributed by atoms with Crippen molar-refractivity contribution in [2.24, 2.45) is 0 Å². The number of pyridine rings is 1. The van der Waals surface area contributed by atoms with Crippen LogP contribution in [0.15, 0.2) is 24.4 Å². The van der Waals surface area contributed by atoms with E-state index in [0.29, 0.717) is 25.7 Å². The molecule has 2 atom stereocenters. The van der Waals surface area contributed by atoms with Gasteiger partial charge in [0.1, 0.15) is 0 Å². The number of ether oxygens (including phenoxy) is 1. The number of aliphatic hydroxyl groups is 1. The van der Waals surface area contributed by atoms with Crippen molar-refractivity contribution >= 4 is 0 Å². The minimum absolute atomic E-state index is 0.382. The molecule has 0 radical (unpaired) electrons. The van der Waals surface area contributed by atoms with Crippen LogP contribution < -0.4 is 0 Å². The highest BCUT2D eigenvalue weighted by Gasteiger charge is 2.25. The van der Waals surface area contributed by atoms with E-state index in [1.807, 2.05) is 25.3 Å². The Morgan fingerprint density at radius 2 is 2.44 bits per heavy atom. The Balaban J connectivity index is 1.78. The van der Waals surface area contributed by atoms with Gasteiger partial charge in [0.25, 0.3) is 0 Å². The molecule has 0 spiro atoms. The van der Waals surface area contributed by atoms with Gasteiger partial charge in [0.2, 0.25) is 0 Å². The third-order valence-electron chi connectivity index (χ3n) is 3.36. The average Bonchev–Trinajstić information content (AvgIpc) is 2.86. The third-order valence-corrected chi connectivity index (χ3v) is 3.36. The van der Waals surface area contributed by atoms with Crippen LogP contribution in [0, 0.1) is 0 Å². The molecule has 1 N–H and O–H groups in total. The molecular formula is C14H22N2O2. The normalized spacial score (nSPS) is 22.2. The first-order valence-corrected chi connectivity index (χ1v) is 6.68. The van der Waals surface area contributed by atoms with Crippen LogP contribution in [-0.4, -0.2) is 53.9 Å². The molecule has 2 rings (SSSR count). The minimum Gasteiger partial charge on any atom is -0.389 e. The van der Waals surface area contributed by atoms with Gasteiger partial charge in [0, 0.05) is 37.5 Å². The lowest BCUT2D eigenvalue weighted by molar-refractivity contribution is 0.0250. The smallest absolute Gasteiger partial charge is 0.0900 e. The maximum atomic E-state index is 9.82. The van der Waals surface area contributed by atoms with E-state index < -0.39 is 0 Å². The van der Waals surface area contributed by atoms with Crippen molar-refractivity contribution in [2.75, 3.05) is 32.8 Å². The maximum absolute atomic E-state index is 9.82. The first kappa shape index (κ1) is 13.5. The summed E-state index contributed by atoms with van der Waals surface area (Å²) in [6.07, 6.45) is 2.59. The predicted octanol–water partition coefficient (Wildman–Crippen LogP) is 1.27. The Bertz CT molecular complexity index is 345. The Morgan fingerprint density at radius 1 is 1.56 bits per heavy atom. The van der Waals surface area contributed by atoms with Crippen molar-refractivity contribution < 1.29 is 9.84 Å². The lowest BCUT2D eigenvalue weighted by Crippen LogP contribution is -2.33. The maximum Gasteiger partial charge on any atom is 0.0900 e.